The normalized spacial score (nSPS) is 9.58. The van der Waals surface area contributed by atoms with Crippen LogP contribution < -0.4 is 18.4 Å². The van der Waals surface area contributed by atoms with Crippen molar-refractivity contribution in [3.63, 3.8) is 0 Å². The summed E-state index contributed by atoms with van der Waals surface area (Å²) in [5, 5.41) is 9.44. The van der Waals surface area contributed by atoms with Gasteiger partial charge < -0.3 is 23.5 Å². The number of aromatic carboxylic acids is 1. The maximum absolute atomic E-state index is 11.5. The molecule has 142 valence electrons. The zero-order chi connectivity index (χ0) is 19.5. The summed E-state index contributed by atoms with van der Waals surface area (Å²) < 4.78 is 21.3. The first kappa shape index (κ1) is 22.7. The van der Waals surface area contributed by atoms with E-state index in [-0.39, 0.29) is 23.7 Å². The van der Waals surface area contributed by atoms with Gasteiger partial charge in [-0.3, -0.25) is 0 Å². The number of hydrogen-bond donors (Lipinski definition) is 1. The molecule has 1 unspecified atom stereocenters. The third-order valence-electron chi connectivity index (χ3n) is 3.15. The van der Waals surface area contributed by atoms with Gasteiger partial charge in [0.1, 0.15) is 44.4 Å². The standard InChI is InChI=1S/C16H15IO6S.CH5P/c1-20-11-5-3-10(4-6-11)9-22-14-8-12(23-24-17)7-13(21-2)15(14)16(18)19;1-2/h3-8H,9H2,1-2H3,(H,18,19);2H2,1H3. The molecule has 0 amide bonds. The van der Waals surface area contributed by atoms with Crippen LogP contribution in [0.5, 0.6) is 23.0 Å². The van der Waals surface area contributed by atoms with Crippen molar-refractivity contribution < 1.29 is 28.3 Å². The van der Waals surface area contributed by atoms with Crippen molar-refractivity contribution in [1.29, 1.82) is 0 Å². The Bertz CT molecular complexity index is 711. The number of ether oxygens (including phenoxy) is 3. The number of carboxylic acid groups (broad SMARTS) is 1. The van der Waals surface area contributed by atoms with Crippen molar-refractivity contribution in [3.8, 4) is 23.0 Å². The maximum atomic E-state index is 11.5. The molecule has 0 aliphatic rings. The molecule has 0 heterocycles. The molecule has 0 bridgehead atoms. The first-order valence-corrected chi connectivity index (χ1v) is 11.8. The lowest BCUT2D eigenvalue weighted by molar-refractivity contribution is 0.0688. The lowest BCUT2D eigenvalue weighted by atomic mass is 10.1. The molecular weight excluding hydrogens is 490 g/mol. The zero-order valence-electron chi connectivity index (χ0n) is 14.5. The van der Waals surface area contributed by atoms with Crippen LogP contribution in [0.15, 0.2) is 36.4 Å². The van der Waals surface area contributed by atoms with Crippen molar-refractivity contribution >= 4 is 45.6 Å². The highest BCUT2D eigenvalue weighted by Crippen LogP contribution is 2.36. The average Bonchev–Trinajstić information content (AvgIpc) is 2.67. The van der Waals surface area contributed by atoms with E-state index >= 15 is 0 Å². The van der Waals surface area contributed by atoms with Crippen LogP contribution >= 0.6 is 39.7 Å². The van der Waals surface area contributed by atoms with Gasteiger partial charge in [0.2, 0.25) is 0 Å². The average molecular weight is 510 g/mol. The van der Waals surface area contributed by atoms with E-state index in [2.05, 4.69) is 9.24 Å². The van der Waals surface area contributed by atoms with E-state index < -0.39 is 5.97 Å². The Morgan fingerprint density at radius 3 is 2.19 bits per heavy atom. The second-order valence-corrected chi connectivity index (χ2v) is 5.96. The number of carbonyl (C=O) groups is 1. The second kappa shape index (κ2) is 12.1. The summed E-state index contributed by atoms with van der Waals surface area (Å²) in [7, 11) is 6.52. The van der Waals surface area contributed by atoms with Crippen LogP contribution in [-0.4, -0.2) is 32.0 Å². The van der Waals surface area contributed by atoms with Crippen LogP contribution in [0.2, 0.25) is 0 Å². The molecule has 0 aliphatic heterocycles. The van der Waals surface area contributed by atoms with Gasteiger partial charge in [-0.25, -0.2) is 4.79 Å². The fourth-order valence-electron chi connectivity index (χ4n) is 2.02. The highest BCUT2D eigenvalue weighted by molar-refractivity contribution is 14.2. The first-order chi connectivity index (χ1) is 12.6. The van der Waals surface area contributed by atoms with Gasteiger partial charge in [-0.2, -0.15) is 0 Å². The molecule has 0 fully saturated rings. The van der Waals surface area contributed by atoms with E-state index in [4.69, 9.17) is 18.4 Å². The van der Waals surface area contributed by atoms with Crippen molar-refractivity contribution in [3.05, 3.63) is 47.5 Å². The molecule has 2 aromatic carbocycles. The van der Waals surface area contributed by atoms with Gasteiger partial charge in [0, 0.05) is 33.3 Å². The summed E-state index contributed by atoms with van der Waals surface area (Å²) in [5.41, 5.74) is 0.831. The number of carboxylic acids is 1. The van der Waals surface area contributed by atoms with Gasteiger partial charge >= 0.3 is 5.97 Å². The highest BCUT2D eigenvalue weighted by atomic mass is 127. The third-order valence-corrected chi connectivity index (χ3v) is 3.95. The summed E-state index contributed by atoms with van der Waals surface area (Å²) in [6.45, 7) is 2.12. The van der Waals surface area contributed by atoms with Crippen LogP contribution in [0.1, 0.15) is 15.9 Å². The lowest BCUT2D eigenvalue weighted by Crippen LogP contribution is -2.06. The van der Waals surface area contributed by atoms with E-state index in [0.717, 1.165) is 20.5 Å². The molecule has 9 heteroatoms. The Balaban J connectivity index is 0.00000163. The van der Waals surface area contributed by atoms with E-state index in [1.165, 1.54) is 19.2 Å². The van der Waals surface area contributed by atoms with Crippen molar-refractivity contribution in [2.75, 3.05) is 20.9 Å². The molecular formula is C17H20IO6PS. The molecule has 2 rings (SSSR count). The molecule has 0 aromatic heterocycles. The Hall–Kier alpha value is -1.38. The Morgan fingerprint density at radius 1 is 1.08 bits per heavy atom. The summed E-state index contributed by atoms with van der Waals surface area (Å²) in [5.74, 6) is 0.403. The topological polar surface area (TPSA) is 74.2 Å². The summed E-state index contributed by atoms with van der Waals surface area (Å²) in [4.78, 5) is 11.5. The predicted molar refractivity (Wildman–Crippen MR) is 115 cm³/mol. The molecule has 1 atom stereocenters. The van der Waals surface area contributed by atoms with Crippen molar-refractivity contribution in [2.24, 2.45) is 0 Å². The van der Waals surface area contributed by atoms with Crippen LogP contribution in [0.25, 0.3) is 0 Å². The summed E-state index contributed by atoms with van der Waals surface area (Å²) in [6.07, 6.45) is 0. The van der Waals surface area contributed by atoms with E-state index in [1.54, 1.807) is 7.11 Å². The maximum Gasteiger partial charge on any atom is 0.343 e. The predicted octanol–water partition coefficient (Wildman–Crippen LogP) is 4.85. The van der Waals surface area contributed by atoms with Crippen molar-refractivity contribution in [2.45, 2.75) is 6.61 Å². The third kappa shape index (κ3) is 6.41. The molecule has 0 saturated heterocycles. The van der Waals surface area contributed by atoms with E-state index in [1.807, 2.05) is 52.1 Å². The quantitative estimate of drug-likeness (QED) is 0.309. The second-order valence-electron chi connectivity index (χ2n) is 4.59. The molecule has 0 spiro atoms. The van der Waals surface area contributed by atoms with Crippen LogP contribution in [0, 0.1) is 0 Å². The van der Waals surface area contributed by atoms with Gasteiger partial charge in [-0.1, -0.05) is 18.8 Å². The molecule has 0 saturated carbocycles. The highest BCUT2D eigenvalue weighted by Gasteiger charge is 2.20. The molecule has 26 heavy (non-hydrogen) atoms. The Labute approximate surface area is 171 Å². The fourth-order valence-corrected chi connectivity index (χ4v) is 2.81. The SMILES string of the molecule is COc1ccc(COc2cc(OSI)cc(OC)c2C(=O)O)cc1.CP. The van der Waals surface area contributed by atoms with Gasteiger partial charge in [0.05, 0.1) is 14.2 Å². The van der Waals surface area contributed by atoms with Crippen LogP contribution in [-0.2, 0) is 6.61 Å². The minimum absolute atomic E-state index is 0.0446. The zero-order valence-corrected chi connectivity index (χ0v) is 18.7. The Morgan fingerprint density at radius 2 is 1.69 bits per heavy atom. The minimum atomic E-state index is -1.13. The van der Waals surface area contributed by atoms with Crippen LogP contribution in [0.3, 0.4) is 0 Å². The summed E-state index contributed by atoms with van der Waals surface area (Å²) >= 11 is 1.97. The van der Waals surface area contributed by atoms with Gasteiger partial charge in [0.25, 0.3) is 0 Å². The number of methoxy groups -OCH3 is 2. The van der Waals surface area contributed by atoms with Gasteiger partial charge in [-0.05, 0) is 17.7 Å². The Kier molecular flexibility index (Phi) is 10.5. The van der Waals surface area contributed by atoms with E-state index in [0.29, 0.717) is 5.75 Å². The molecule has 0 aliphatic carbocycles. The van der Waals surface area contributed by atoms with Gasteiger partial charge in [-0.15, -0.1) is 9.24 Å². The molecule has 1 N–H and O–H groups in total. The molecule has 6 nitrogen and oxygen atoms in total. The summed E-state index contributed by atoms with van der Waals surface area (Å²) in [6, 6.07) is 10.3. The van der Waals surface area contributed by atoms with Crippen LogP contribution in [0.4, 0.5) is 0 Å². The smallest absolute Gasteiger partial charge is 0.343 e. The fraction of sp³-hybridized carbons (Fsp3) is 0.235. The largest absolute Gasteiger partial charge is 0.497 e. The molecule has 2 aromatic rings. The lowest BCUT2D eigenvalue weighted by Gasteiger charge is -2.14. The van der Waals surface area contributed by atoms with E-state index in [9.17, 15) is 9.90 Å². The number of halogens is 1. The first-order valence-electron chi connectivity index (χ1n) is 7.33. The minimum Gasteiger partial charge on any atom is -0.497 e. The molecule has 0 radical (unpaired) electrons. The van der Waals surface area contributed by atoms with Crippen molar-refractivity contribution in [1.82, 2.24) is 0 Å². The monoisotopic (exact) mass is 510 g/mol. The van der Waals surface area contributed by atoms with Gasteiger partial charge in [0.15, 0.2) is 0 Å². The number of rotatable bonds is 8. The number of hydrogen-bond acceptors (Lipinski definition) is 6. The number of benzene rings is 2.